The molecule has 0 aliphatic rings. The number of aromatic carboxylic acids is 1. The van der Waals surface area contributed by atoms with E-state index < -0.39 is 23.3 Å². The molecule has 1 heterocycles. The molecule has 0 aromatic carbocycles. The molecule has 1 rings (SSSR count). The Kier molecular flexibility index (Phi) is 3.65. The second kappa shape index (κ2) is 4.65. The van der Waals surface area contributed by atoms with Crippen LogP contribution >= 0.6 is 0 Å². The van der Waals surface area contributed by atoms with Crippen molar-refractivity contribution in [3.63, 3.8) is 0 Å². The molecule has 0 amide bonds. The van der Waals surface area contributed by atoms with Crippen LogP contribution in [0.1, 0.15) is 29.3 Å². The molecule has 0 unspecified atom stereocenters. The number of aryl methyl sites for hydroxylation is 1. The summed E-state index contributed by atoms with van der Waals surface area (Å²) in [7, 11) is 0. The monoisotopic (exact) mass is 247 g/mol. The first-order valence-electron chi connectivity index (χ1n) is 4.86. The molecule has 0 saturated carbocycles. The minimum absolute atomic E-state index is 0.283. The first-order valence-corrected chi connectivity index (χ1v) is 4.86. The lowest BCUT2D eigenvalue weighted by molar-refractivity contribution is -0.138. The second-order valence-corrected chi connectivity index (χ2v) is 3.83. The maximum Gasteiger partial charge on any atom is 0.418 e. The zero-order chi connectivity index (χ0) is 13.2. The zero-order valence-corrected chi connectivity index (χ0v) is 9.21. The number of halogens is 3. The lowest BCUT2D eigenvalue weighted by Crippen LogP contribution is -2.09. The van der Waals surface area contributed by atoms with E-state index in [1.54, 1.807) is 6.92 Å². The van der Waals surface area contributed by atoms with Crippen LogP contribution in [0.2, 0.25) is 0 Å². The smallest absolute Gasteiger partial charge is 0.418 e. The number of carboxylic acid groups (broad SMARTS) is 1. The van der Waals surface area contributed by atoms with Gasteiger partial charge in [-0.15, -0.1) is 6.58 Å². The summed E-state index contributed by atoms with van der Waals surface area (Å²) in [5.74, 6) is -1.58. The zero-order valence-electron chi connectivity index (χ0n) is 9.21. The highest BCUT2D eigenvalue weighted by molar-refractivity contribution is 5.89. The molecule has 6 heteroatoms. The Balaban J connectivity index is 3.04. The maximum absolute atomic E-state index is 12.5. The number of hydrogen-bond acceptors (Lipinski definition) is 1. The molecule has 0 bridgehead atoms. The molecule has 0 aliphatic carbocycles. The summed E-state index contributed by atoms with van der Waals surface area (Å²) in [6.07, 6.45) is -2.34. The molecule has 94 valence electrons. The first-order chi connectivity index (χ1) is 7.71. The van der Waals surface area contributed by atoms with Gasteiger partial charge in [0, 0.05) is 18.9 Å². The Bertz CT molecular complexity index is 446. The van der Waals surface area contributed by atoms with Gasteiger partial charge >= 0.3 is 12.1 Å². The summed E-state index contributed by atoms with van der Waals surface area (Å²) in [6.45, 7) is 5.67. The summed E-state index contributed by atoms with van der Waals surface area (Å²) < 4.78 is 38.8. The van der Waals surface area contributed by atoms with Crippen molar-refractivity contribution in [2.45, 2.75) is 26.1 Å². The van der Waals surface area contributed by atoms with Crippen LogP contribution in [0.3, 0.4) is 0 Å². The highest BCUT2D eigenvalue weighted by atomic mass is 19.4. The number of aromatic nitrogens is 1. The number of rotatable bonds is 4. The fraction of sp³-hybridized carbons (Fsp3) is 0.364. The molecule has 0 aliphatic heterocycles. The molecule has 3 nitrogen and oxygen atoms in total. The van der Waals surface area contributed by atoms with E-state index in [-0.39, 0.29) is 6.54 Å². The minimum Gasteiger partial charge on any atom is -0.478 e. The van der Waals surface area contributed by atoms with Crippen LogP contribution in [-0.2, 0) is 12.7 Å². The van der Waals surface area contributed by atoms with Gasteiger partial charge in [0.25, 0.3) is 0 Å². The first kappa shape index (κ1) is 13.3. The molecule has 0 fully saturated rings. The average molecular weight is 247 g/mol. The lowest BCUT2D eigenvalue weighted by atomic mass is 10.2. The third kappa shape index (κ3) is 3.37. The average Bonchev–Trinajstić information content (AvgIpc) is 2.57. The SMILES string of the molecule is C=C(C)CCn1cc(C(=O)O)c(C(F)(F)F)c1. The van der Waals surface area contributed by atoms with Crippen LogP contribution in [0.4, 0.5) is 13.2 Å². The van der Waals surface area contributed by atoms with Crippen LogP contribution in [0.15, 0.2) is 24.5 Å². The maximum atomic E-state index is 12.5. The fourth-order valence-corrected chi connectivity index (χ4v) is 1.35. The molecule has 0 atom stereocenters. The minimum atomic E-state index is -4.65. The summed E-state index contributed by atoms with van der Waals surface area (Å²) in [6, 6.07) is 0. The van der Waals surface area contributed by atoms with Gasteiger partial charge < -0.3 is 9.67 Å². The Morgan fingerprint density at radius 1 is 1.47 bits per heavy atom. The third-order valence-corrected chi connectivity index (χ3v) is 2.21. The molecule has 0 saturated heterocycles. The number of nitrogens with zero attached hydrogens (tertiary/aromatic N) is 1. The Morgan fingerprint density at radius 2 is 2.06 bits per heavy atom. The van der Waals surface area contributed by atoms with Gasteiger partial charge in [0.2, 0.25) is 0 Å². The lowest BCUT2D eigenvalue weighted by Gasteiger charge is -2.04. The van der Waals surface area contributed by atoms with Crippen molar-refractivity contribution < 1.29 is 23.1 Å². The van der Waals surface area contributed by atoms with Crippen molar-refractivity contribution in [2.24, 2.45) is 0 Å². The van der Waals surface area contributed by atoms with Crippen LogP contribution in [0, 0.1) is 0 Å². The number of carbonyl (C=O) groups is 1. The van der Waals surface area contributed by atoms with Crippen LogP contribution < -0.4 is 0 Å². The quantitative estimate of drug-likeness (QED) is 0.830. The van der Waals surface area contributed by atoms with Gasteiger partial charge in [-0.2, -0.15) is 13.2 Å². The predicted molar refractivity (Wildman–Crippen MR) is 55.8 cm³/mol. The Labute approximate surface area is 96.2 Å². The normalized spacial score (nSPS) is 11.5. The Morgan fingerprint density at radius 3 is 2.41 bits per heavy atom. The van der Waals surface area contributed by atoms with Gasteiger partial charge in [0.1, 0.15) is 0 Å². The molecule has 17 heavy (non-hydrogen) atoms. The highest BCUT2D eigenvalue weighted by Gasteiger charge is 2.36. The largest absolute Gasteiger partial charge is 0.478 e. The summed E-state index contributed by atoms with van der Waals surface area (Å²) >= 11 is 0. The Hall–Kier alpha value is -1.72. The van der Waals surface area contributed by atoms with E-state index in [9.17, 15) is 18.0 Å². The van der Waals surface area contributed by atoms with Gasteiger partial charge in [-0.25, -0.2) is 4.79 Å². The number of alkyl halides is 3. The molecule has 1 N–H and O–H groups in total. The van der Waals surface area contributed by atoms with Crippen molar-refractivity contribution in [3.8, 4) is 0 Å². The van der Waals surface area contributed by atoms with E-state index in [1.165, 1.54) is 4.57 Å². The van der Waals surface area contributed by atoms with E-state index in [1.807, 2.05) is 0 Å². The standard InChI is InChI=1S/C11H12F3NO2/c1-7(2)3-4-15-5-8(10(16)17)9(6-15)11(12,13)14/h5-6H,1,3-4H2,2H3,(H,16,17). The van der Waals surface area contributed by atoms with E-state index in [0.29, 0.717) is 6.42 Å². The van der Waals surface area contributed by atoms with E-state index in [2.05, 4.69) is 6.58 Å². The molecule has 0 radical (unpaired) electrons. The van der Waals surface area contributed by atoms with E-state index in [0.717, 1.165) is 18.0 Å². The number of carboxylic acids is 1. The number of hydrogen-bond donors (Lipinski definition) is 1. The highest BCUT2D eigenvalue weighted by Crippen LogP contribution is 2.32. The molecular formula is C11H12F3NO2. The summed E-state index contributed by atoms with van der Waals surface area (Å²) in [5, 5.41) is 8.69. The topological polar surface area (TPSA) is 42.2 Å². The van der Waals surface area contributed by atoms with Gasteiger partial charge in [-0.1, -0.05) is 5.57 Å². The van der Waals surface area contributed by atoms with Crippen LogP contribution in [0.5, 0.6) is 0 Å². The third-order valence-electron chi connectivity index (χ3n) is 2.21. The van der Waals surface area contributed by atoms with Gasteiger partial charge in [0.15, 0.2) is 0 Å². The van der Waals surface area contributed by atoms with Crippen molar-refractivity contribution in [3.05, 3.63) is 35.7 Å². The summed E-state index contributed by atoms with van der Waals surface area (Å²) in [4.78, 5) is 10.7. The van der Waals surface area contributed by atoms with Crippen LogP contribution in [-0.4, -0.2) is 15.6 Å². The fourth-order valence-electron chi connectivity index (χ4n) is 1.35. The molecule has 1 aromatic heterocycles. The van der Waals surface area contributed by atoms with E-state index >= 15 is 0 Å². The predicted octanol–water partition coefficient (Wildman–Crippen LogP) is 3.17. The van der Waals surface area contributed by atoms with Crippen molar-refractivity contribution >= 4 is 5.97 Å². The van der Waals surface area contributed by atoms with Crippen molar-refractivity contribution in [1.29, 1.82) is 0 Å². The molecule has 1 aromatic rings. The second-order valence-electron chi connectivity index (χ2n) is 3.83. The van der Waals surface area contributed by atoms with Gasteiger partial charge in [-0.3, -0.25) is 0 Å². The van der Waals surface area contributed by atoms with Crippen molar-refractivity contribution in [1.82, 2.24) is 4.57 Å². The van der Waals surface area contributed by atoms with Crippen molar-refractivity contribution in [2.75, 3.05) is 0 Å². The molecule has 0 spiro atoms. The van der Waals surface area contributed by atoms with E-state index in [4.69, 9.17) is 5.11 Å². The molecular weight excluding hydrogens is 235 g/mol. The van der Waals surface area contributed by atoms with Gasteiger partial charge in [-0.05, 0) is 13.3 Å². The van der Waals surface area contributed by atoms with Gasteiger partial charge in [0.05, 0.1) is 11.1 Å². The summed E-state index contributed by atoms with van der Waals surface area (Å²) in [5.41, 5.74) is -1.02. The van der Waals surface area contributed by atoms with Crippen LogP contribution in [0.25, 0.3) is 0 Å². The number of allylic oxidation sites excluding steroid dienone is 1.